The van der Waals surface area contributed by atoms with Gasteiger partial charge in [-0.25, -0.2) is 4.98 Å². The topological polar surface area (TPSA) is 76.9 Å². The second-order valence-electron chi connectivity index (χ2n) is 10.2. The molecule has 2 aromatic rings. The van der Waals surface area contributed by atoms with Crippen molar-refractivity contribution in [3.8, 4) is 0 Å². The van der Waals surface area contributed by atoms with Crippen LogP contribution in [-0.4, -0.2) is 76.3 Å². The van der Waals surface area contributed by atoms with E-state index in [0.717, 1.165) is 63.4 Å². The van der Waals surface area contributed by atoms with E-state index < -0.39 is 11.9 Å². The summed E-state index contributed by atoms with van der Waals surface area (Å²) in [7, 11) is 0. The number of aryl methyl sites for hydroxylation is 1. The molecule has 1 fully saturated rings. The summed E-state index contributed by atoms with van der Waals surface area (Å²) < 4.78 is 39.6. The molecule has 0 saturated carbocycles. The van der Waals surface area contributed by atoms with Crippen molar-refractivity contribution in [2.45, 2.75) is 56.8 Å². The Morgan fingerprint density at radius 3 is 2.51 bits per heavy atom. The lowest BCUT2D eigenvalue weighted by atomic mass is 9.91. The Morgan fingerprint density at radius 1 is 1.10 bits per heavy atom. The molecular weight excluding hydrogens is 554 g/mol. The van der Waals surface area contributed by atoms with Gasteiger partial charge in [0.1, 0.15) is 0 Å². The molecule has 11 heteroatoms. The molecule has 0 spiro atoms. The van der Waals surface area contributed by atoms with Crippen LogP contribution in [0.1, 0.15) is 48.2 Å². The van der Waals surface area contributed by atoms with E-state index in [9.17, 15) is 18.3 Å². The lowest BCUT2D eigenvalue weighted by molar-refractivity contribution is -0.141. The second-order valence-corrected chi connectivity index (χ2v) is 11.0. The number of hydrogen-bond donors (Lipinski definition) is 2. The average Bonchev–Trinajstić information content (AvgIpc) is 3.25. The number of likely N-dealkylation sites (tertiary alicyclic amines) is 1. The van der Waals surface area contributed by atoms with Crippen LogP contribution in [0.5, 0.6) is 0 Å². The number of pyridine rings is 1. The number of rotatable bonds is 6. The van der Waals surface area contributed by atoms with Crippen LogP contribution < -0.4 is 0 Å². The third-order valence-corrected chi connectivity index (χ3v) is 8.24. The van der Waals surface area contributed by atoms with Gasteiger partial charge < -0.3 is 15.1 Å². The van der Waals surface area contributed by atoms with E-state index in [1.54, 1.807) is 6.07 Å². The minimum absolute atomic E-state index is 0.218. The van der Waals surface area contributed by atoms with Gasteiger partial charge >= 0.3 is 6.18 Å². The highest BCUT2D eigenvalue weighted by Crippen LogP contribution is 2.42. The summed E-state index contributed by atoms with van der Waals surface area (Å²) >= 11 is 12.0. The Balaban J connectivity index is 0.00000112. The zero-order chi connectivity index (χ0) is 28.2. The van der Waals surface area contributed by atoms with Crippen LogP contribution >= 0.6 is 23.2 Å². The summed E-state index contributed by atoms with van der Waals surface area (Å²) in [6, 6.07) is 9.26. The molecule has 1 saturated heterocycles. The van der Waals surface area contributed by atoms with Gasteiger partial charge in [-0.1, -0.05) is 29.3 Å². The lowest BCUT2D eigenvalue weighted by Crippen LogP contribution is -2.50. The predicted molar refractivity (Wildman–Crippen MR) is 145 cm³/mol. The number of fused-ring (bicyclic) bond motifs is 2. The number of nitrogens with zero attached hydrogens (tertiary/aromatic N) is 3. The molecule has 1 atom stereocenters. The monoisotopic (exact) mass is 585 g/mol. The number of carbonyl (C=O) groups is 1. The second kappa shape index (κ2) is 13.0. The Bertz CT molecular complexity index is 1200. The maximum Gasteiger partial charge on any atom is 0.434 e. The third-order valence-electron chi connectivity index (χ3n) is 7.70. The first kappa shape index (κ1) is 29.8. The smallest absolute Gasteiger partial charge is 0.434 e. The van der Waals surface area contributed by atoms with Gasteiger partial charge in [0.2, 0.25) is 0 Å². The zero-order valence-corrected chi connectivity index (χ0v) is 22.9. The quantitative estimate of drug-likeness (QED) is 0.431. The molecule has 2 aliphatic heterocycles. The Hall–Kier alpha value is -2.17. The van der Waals surface area contributed by atoms with Crippen LogP contribution in [0.4, 0.5) is 13.2 Å². The van der Waals surface area contributed by atoms with E-state index >= 15 is 0 Å². The minimum atomic E-state index is -4.56. The summed E-state index contributed by atoms with van der Waals surface area (Å²) in [4.78, 5) is 17.1. The van der Waals surface area contributed by atoms with Crippen LogP contribution in [0.3, 0.4) is 0 Å². The van der Waals surface area contributed by atoms with Crippen LogP contribution in [0, 0.1) is 0 Å². The number of aliphatic hydroxyl groups is 1. The highest BCUT2D eigenvalue weighted by atomic mass is 35.5. The maximum absolute atomic E-state index is 13.2. The van der Waals surface area contributed by atoms with E-state index in [-0.39, 0.29) is 23.6 Å². The molecule has 0 radical (unpaired) electrons. The van der Waals surface area contributed by atoms with Crippen molar-refractivity contribution in [3.05, 3.63) is 68.5 Å². The number of halogens is 5. The fraction of sp³-hybridized carbons (Fsp3) is 0.500. The van der Waals surface area contributed by atoms with E-state index in [2.05, 4.69) is 26.9 Å². The van der Waals surface area contributed by atoms with Crippen molar-refractivity contribution in [2.24, 2.45) is 0 Å². The minimum Gasteiger partial charge on any atom is -0.483 e. The first-order valence-corrected chi connectivity index (χ1v) is 13.8. The van der Waals surface area contributed by atoms with Crippen molar-refractivity contribution in [1.82, 2.24) is 14.8 Å². The molecule has 2 N–H and O–H groups in total. The molecule has 0 bridgehead atoms. The maximum atomic E-state index is 13.2. The fourth-order valence-corrected chi connectivity index (χ4v) is 6.22. The van der Waals surface area contributed by atoms with Gasteiger partial charge in [-0.2, -0.15) is 13.2 Å². The number of benzene rings is 1. The Morgan fingerprint density at radius 2 is 1.82 bits per heavy atom. The van der Waals surface area contributed by atoms with Gasteiger partial charge in [0.25, 0.3) is 6.47 Å². The van der Waals surface area contributed by atoms with E-state index in [4.69, 9.17) is 33.1 Å². The molecule has 39 heavy (non-hydrogen) atoms. The van der Waals surface area contributed by atoms with E-state index in [1.807, 2.05) is 6.07 Å². The standard InChI is InChI=1S/C27H30Cl2F3N3O.CH2O2/c28-18-4-3-17-14-23-21(22(17)15-18)9-13-35(25(23)16-34-11-7-20(36)8-12-34)10-1-2-19-5-6-24(29)26(33-19)27(30,31)32;2-1-3/h3-6,15,20,25,36H,1-2,7-14,16H2;1H,(H,2,3). The average molecular weight is 586 g/mol. The molecule has 1 aromatic carbocycles. The number of aromatic nitrogens is 1. The first-order valence-electron chi connectivity index (χ1n) is 13.1. The Labute approximate surface area is 236 Å². The van der Waals surface area contributed by atoms with E-state index in [1.165, 1.54) is 28.3 Å². The third kappa shape index (κ3) is 7.32. The van der Waals surface area contributed by atoms with E-state index in [0.29, 0.717) is 18.5 Å². The molecule has 6 nitrogen and oxygen atoms in total. The van der Waals surface area contributed by atoms with Crippen molar-refractivity contribution < 1.29 is 28.2 Å². The molecular formula is C28H32Cl2F3N3O3. The Kier molecular flexibility index (Phi) is 9.93. The van der Waals surface area contributed by atoms with Gasteiger partial charge in [0, 0.05) is 42.9 Å². The largest absolute Gasteiger partial charge is 0.483 e. The number of alkyl halides is 3. The molecule has 212 valence electrons. The summed E-state index contributed by atoms with van der Waals surface area (Å²) in [6.45, 7) is 4.07. The summed E-state index contributed by atoms with van der Waals surface area (Å²) in [5.74, 6) is 0. The zero-order valence-electron chi connectivity index (χ0n) is 21.4. The van der Waals surface area contributed by atoms with Crippen LogP contribution in [0.15, 0.2) is 35.9 Å². The number of hydrogen-bond acceptors (Lipinski definition) is 5. The number of carboxylic acid groups (broad SMARTS) is 1. The molecule has 1 unspecified atom stereocenters. The molecule has 1 aliphatic carbocycles. The van der Waals surface area contributed by atoms with Gasteiger partial charge in [0.15, 0.2) is 5.69 Å². The molecule has 3 heterocycles. The molecule has 5 rings (SSSR count). The molecule has 0 amide bonds. The van der Waals surface area contributed by atoms with Crippen molar-refractivity contribution in [2.75, 3.05) is 32.7 Å². The molecule has 3 aliphatic rings. The molecule has 1 aromatic heterocycles. The number of piperidine rings is 1. The highest BCUT2D eigenvalue weighted by Gasteiger charge is 2.37. The fourth-order valence-electron chi connectivity index (χ4n) is 5.84. The van der Waals surface area contributed by atoms with Crippen molar-refractivity contribution in [3.63, 3.8) is 0 Å². The predicted octanol–water partition coefficient (Wildman–Crippen LogP) is 5.58. The number of aliphatic hydroxyl groups excluding tert-OH is 1. The van der Waals surface area contributed by atoms with Crippen LogP contribution in [0.2, 0.25) is 10.0 Å². The summed E-state index contributed by atoms with van der Waals surface area (Å²) in [5.41, 5.74) is 4.82. The lowest BCUT2D eigenvalue weighted by Gasteiger charge is -2.41. The van der Waals surface area contributed by atoms with Crippen LogP contribution in [0.25, 0.3) is 5.57 Å². The summed E-state index contributed by atoms with van der Waals surface area (Å²) in [5, 5.41) is 17.2. The van der Waals surface area contributed by atoms with Crippen LogP contribution in [-0.2, 0) is 23.8 Å². The van der Waals surface area contributed by atoms with Crippen molar-refractivity contribution in [1.29, 1.82) is 0 Å². The SMILES string of the molecule is O=CO.OC1CCN(CC2C3=C(CCN2CCCc2ccc(Cl)c(C(F)(F)F)n2)c2cc(Cl)ccc2C3)CC1. The normalized spacial score (nSPS) is 20.3. The first-order chi connectivity index (χ1) is 18.6. The van der Waals surface area contributed by atoms with Crippen molar-refractivity contribution >= 4 is 35.2 Å². The summed E-state index contributed by atoms with van der Waals surface area (Å²) in [6.07, 6.45) is -0.177. The van der Waals surface area contributed by atoms with Gasteiger partial charge in [-0.15, -0.1) is 0 Å². The van der Waals surface area contributed by atoms with Gasteiger partial charge in [-0.05, 0) is 91.6 Å². The van der Waals surface area contributed by atoms with Gasteiger partial charge in [0.05, 0.1) is 11.1 Å². The highest BCUT2D eigenvalue weighted by molar-refractivity contribution is 6.31. The van der Waals surface area contributed by atoms with Gasteiger partial charge in [-0.3, -0.25) is 9.69 Å².